The zero-order chi connectivity index (χ0) is 19.9. The number of carbonyl (C=O) groups excluding carboxylic acids is 1. The number of nitrogens with one attached hydrogen (secondary N) is 1. The van der Waals surface area contributed by atoms with Gasteiger partial charge < -0.3 is 5.32 Å². The molecule has 1 amide bonds. The van der Waals surface area contributed by atoms with E-state index >= 15 is 0 Å². The van der Waals surface area contributed by atoms with Gasteiger partial charge in [-0.25, -0.2) is 0 Å². The first-order valence-electron chi connectivity index (χ1n) is 11.1. The molecule has 0 aromatic heterocycles. The van der Waals surface area contributed by atoms with Crippen molar-refractivity contribution in [1.29, 1.82) is 0 Å². The van der Waals surface area contributed by atoms with E-state index in [4.69, 9.17) is 0 Å². The van der Waals surface area contributed by atoms with E-state index in [0.29, 0.717) is 29.6 Å². The molecule has 2 heterocycles. The van der Waals surface area contributed by atoms with Gasteiger partial charge in [0.05, 0.1) is 11.4 Å². The van der Waals surface area contributed by atoms with Gasteiger partial charge in [0, 0.05) is 11.8 Å². The highest BCUT2D eigenvalue weighted by atomic mass is 16.2. The van der Waals surface area contributed by atoms with Crippen LogP contribution < -0.4 is 10.2 Å². The highest BCUT2D eigenvalue weighted by molar-refractivity contribution is 6.06. The molecule has 2 aliphatic carbocycles. The van der Waals surface area contributed by atoms with Crippen LogP contribution in [0.5, 0.6) is 0 Å². The van der Waals surface area contributed by atoms with E-state index < -0.39 is 5.66 Å². The summed E-state index contributed by atoms with van der Waals surface area (Å²) in [6, 6.07) is 29.8. The Labute approximate surface area is 176 Å². The zero-order valence-electron chi connectivity index (χ0n) is 16.7. The second kappa shape index (κ2) is 5.75. The summed E-state index contributed by atoms with van der Waals surface area (Å²) in [6.07, 6.45) is 2.35. The van der Waals surface area contributed by atoms with Crippen LogP contribution in [0.3, 0.4) is 0 Å². The number of hydrogen-bond acceptors (Lipinski definition) is 2. The molecule has 0 unspecified atom stereocenters. The van der Waals surface area contributed by atoms with E-state index in [1.54, 1.807) is 0 Å². The Kier molecular flexibility index (Phi) is 3.20. The van der Waals surface area contributed by atoms with Gasteiger partial charge in [-0.15, -0.1) is 0 Å². The van der Waals surface area contributed by atoms with Gasteiger partial charge >= 0.3 is 0 Å². The van der Waals surface area contributed by atoms with E-state index in [1.165, 1.54) is 24.0 Å². The lowest BCUT2D eigenvalue weighted by Crippen LogP contribution is -2.50. The lowest BCUT2D eigenvalue weighted by molar-refractivity contribution is -0.122. The number of hydrogen-bond donors (Lipinski definition) is 1. The summed E-state index contributed by atoms with van der Waals surface area (Å²) in [5.74, 6) is 2.22. The van der Waals surface area contributed by atoms with Crippen molar-refractivity contribution in [2.45, 2.75) is 24.4 Å². The van der Waals surface area contributed by atoms with Gasteiger partial charge in [0.1, 0.15) is 5.66 Å². The Morgan fingerprint density at radius 2 is 1.53 bits per heavy atom. The van der Waals surface area contributed by atoms with Crippen LogP contribution in [0.15, 0.2) is 84.9 Å². The quantitative estimate of drug-likeness (QED) is 0.636. The fourth-order valence-corrected chi connectivity index (χ4v) is 7.37. The number of amides is 1. The Bertz CT molecular complexity index is 1140. The molecule has 3 heteroatoms. The smallest absolute Gasteiger partial charge is 0.233 e. The molecule has 1 N–H and O–H groups in total. The van der Waals surface area contributed by atoms with Crippen molar-refractivity contribution in [1.82, 2.24) is 0 Å². The molecule has 0 spiro atoms. The maximum absolute atomic E-state index is 14.1. The minimum absolute atomic E-state index is 0.0926. The number of benzene rings is 3. The molecule has 7 rings (SSSR count). The summed E-state index contributed by atoms with van der Waals surface area (Å²) in [5.41, 5.74) is 4.29. The summed E-state index contributed by atoms with van der Waals surface area (Å²) < 4.78 is 0. The predicted molar refractivity (Wildman–Crippen MR) is 118 cm³/mol. The fraction of sp³-hybridized carbons (Fsp3) is 0.296. The molecular weight excluding hydrogens is 368 g/mol. The van der Waals surface area contributed by atoms with Crippen molar-refractivity contribution in [3.63, 3.8) is 0 Å². The summed E-state index contributed by atoms with van der Waals surface area (Å²) in [6.45, 7) is 0. The van der Waals surface area contributed by atoms with Crippen molar-refractivity contribution < 1.29 is 4.79 Å². The number of anilines is 2. The number of carbonyl (C=O) groups is 1. The molecule has 3 fully saturated rings. The first-order valence-corrected chi connectivity index (χ1v) is 11.1. The Hall–Kier alpha value is -3.07. The fourth-order valence-electron chi connectivity index (χ4n) is 7.37. The maximum Gasteiger partial charge on any atom is 0.233 e. The largest absolute Gasteiger partial charge is 0.357 e. The number of nitrogens with zero attached hydrogens (tertiary/aromatic N) is 1. The normalized spacial score (nSPS) is 35.1. The van der Waals surface area contributed by atoms with Gasteiger partial charge in [0.2, 0.25) is 5.91 Å². The molecule has 6 atom stereocenters. The first-order chi connectivity index (χ1) is 14.8. The molecule has 3 aromatic rings. The molecule has 148 valence electrons. The number of para-hydroxylation sites is 2. The van der Waals surface area contributed by atoms with Crippen LogP contribution in [0.1, 0.15) is 29.9 Å². The molecule has 2 saturated carbocycles. The van der Waals surface area contributed by atoms with E-state index in [1.807, 2.05) is 6.07 Å². The Morgan fingerprint density at radius 3 is 2.33 bits per heavy atom. The van der Waals surface area contributed by atoms with E-state index in [0.717, 1.165) is 11.4 Å². The van der Waals surface area contributed by atoms with Crippen LogP contribution in [-0.4, -0.2) is 5.91 Å². The molecule has 2 bridgehead atoms. The third-order valence-electron chi connectivity index (χ3n) is 8.26. The Morgan fingerprint density at radius 1 is 0.833 bits per heavy atom. The third-order valence-corrected chi connectivity index (χ3v) is 8.26. The molecule has 3 aromatic carbocycles. The summed E-state index contributed by atoms with van der Waals surface area (Å²) >= 11 is 0. The molecule has 4 aliphatic rings. The van der Waals surface area contributed by atoms with E-state index in [2.05, 4.69) is 89.1 Å². The van der Waals surface area contributed by atoms with Crippen LogP contribution in [-0.2, 0) is 10.5 Å². The van der Waals surface area contributed by atoms with Crippen molar-refractivity contribution in [2.24, 2.45) is 23.7 Å². The standard InChI is InChI=1S/C27H24N2O/c30-26-24-21-16-18(15-20(21)17-9-3-1-4-10-17)25(24)27(19-11-5-2-6-12-19)28-22-13-7-8-14-23(22)29(26)27/h1-14,18,20-21,24-25,28H,15-16H2/t18-,20+,21-,24+,25-,27+/m1/s1. The lowest BCUT2D eigenvalue weighted by Gasteiger charge is -2.41. The second-order valence-corrected chi connectivity index (χ2v) is 9.41. The minimum Gasteiger partial charge on any atom is -0.357 e. The first kappa shape index (κ1) is 16.7. The third kappa shape index (κ3) is 1.89. The van der Waals surface area contributed by atoms with Crippen LogP contribution in [0.2, 0.25) is 0 Å². The van der Waals surface area contributed by atoms with Crippen molar-refractivity contribution in [3.05, 3.63) is 96.1 Å². The number of fused-ring (bicyclic) bond motifs is 9. The van der Waals surface area contributed by atoms with Crippen LogP contribution >= 0.6 is 0 Å². The maximum atomic E-state index is 14.1. The molecular formula is C27H24N2O. The minimum atomic E-state index is -0.451. The van der Waals surface area contributed by atoms with E-state index in [-0.39, 0.29) is 5.92 Å². The van der Waals surface area contributed by atoms with Crippen molar-refractivity contribution in [3.8, 4) is 0 Å². The van der Waals surface area contributed by atoms with Gasteiger partial charge in [0.25, 0.3) is 0 Å². The summed E-state index contributed by atoms with van der Waals surface area (Å²) in [4.78, 5) is 16.2. The summed E-state index contributed by atoms with van der Waals surface area (Å²) in [5, 5.41) is 3.87. The SMILES string of the molecule is O=C1[C@H]2[C@@H]3C[C@@H](C[C@H]3c3ccccc3)[C@H]2[C@@]2(c3ccccc3)Nc3ccccc3N12. The molecule has 3 nitrogen and oxygen atoms in total. The van der Waals surface area contributed by atoms with Crippen molar-refractivity contribution in [2.75, 3.05) is 10.2 Å². The monoisotopic (exact) mass is 392 g/mol. The van der Waals surface area contributed by atoms with Crippen molar-refractivity contribution >= 4 is 17.3 Å². The van der Waals surface area contributed by atoms with Crippen LogP contribution in [0.25, 0.3) is 0 Å². The Balaban J connectivity index is 1.40. The average molecular weight is 393 g/mol. The highest BCUT2D eigenvalue weighted by Gasteiger charge is 2.72. The van der Waals surface area contributed by atoms with Gasteiger partial charge in [-0.05, 0) is 53.9 Å². The average Bonchev–Trinajstić information content (AvgIpc) is 3.53. The predicted octanol–water partition coefficient (Wildman–Crippen LogP) is 5.37. The van der Waals surface area contributed by atoms with E-state index in [9.17, 15) is 4.79 Å². The lowest BCUT2D eigenvalue weighted by atomic mass is 9.68. The van der Waals surface area contributed by atoms with Gasteiger partial charge in [0.15, 0.2) is 0 Å². The molecule has 2 aliphatic heterocycles. The molecule has 0 radical (unpaired) electrons. The van der Waals surface area contributed by atoms with Crippen LogP contribution in [0, 0.1) is 23.7 Å². The molecule has 30 heavy (non-hydrogen) atoms. The van der Waals surface area contributed by atoms with Gasteiger partial charge in [-0.2, -0.15) is 0 Å². The zero-order valence-corrected chi connectivity index (χ0v) is 16.7. The van der Waals surface area contributed by atoms with Crippen LogP contribution in [0.4, 0.5) is 11.4 Å². The second-order valence-electron chi connectivity index (χ2n) is 9.41. The van der Waals surface area contributed by atoms with Gasteiger partial charge in [-0.1, -0.05) is 72.8 Å². The molecule has 1 saturated heterocycles. The highest BCUT2D eigenvalue weighted by Crippen LogP contribution is 2.69. The summed E-state index contributed by atoms with van der Waals surface area (Å²) in [7, 11) is 0. The topological polar surface area (TPSA) is 32.3 Å². The van der Waals surface area contributed by atoms with Gasteiger partial charge in [-0.3, -0.25) is 9.69 Å². The number of rotatable bonds is 2.